The molecule has 1 aliphatic heterocycles. The number of benzene rings is 1. The summed E-state index contributed by atoms with van der Waals surface area (Å²) < 4.78 is 12.9. The molecule has 1 heterocycles. The number of aliphatic imine (C=N–C) groups is 2. The molecule has 1 aromatic rings. The zero-order chi connectivity index (χ0) is 34.2. The number of piperidine rings is 1. The zero-order valence-electron chi connectivity index (χ0n) is 30.6. The van der Waals surface area contributed by atoms with E-state index < -0.39 is 0 Å². The molecule has 0 bridgehead atoms. The number of halogens is 1. The van der Waals surface area contributed by atoms with Gasteiger partial charge in [-0.25, -0.2) is 4.39 Å². The Hall–Kier alpha value is -2.85. The van der Waals surface area contributed by atoms with Gasteiger partial charge in [-0.3, -0.25) is 14.9 Å². The average Bonchev–Trinajstić information content (AvgIpc) is 3.01. The van der Waals surface area contributed by atoms with Crippen molar-refractivity contribution in [3.05, 3.63) is 96.0 Å². The van der Waals surface area contributed by atoms with Crippen LogP contribution in [-0.4, -0.2) is 41.5 Å². The van der Waals surface area contributed by atoms with Gasteiger partial charge in [0.25, 0.3) is 0 Å². The van der Waals surface area contributed by atoms with Crippen molar-refractivity contribution in [1.29, 1.82) is 0 Å². The molecule has 1 fully saturated rings. The smallest absolute Gasteiger partial charge is 0.126 e. The summed E-state index contributed by atoms with van der Waals surface area (Å²) >= 11 is 0. The summed E-state index contributed by atoms with van der Waals surface area (Å²) in [6, 6.07) is 5.89. The Bertz CT molecular complexity index is 1110. The molecule has 0 aromatic heterocycles. The van der Waals surface area contributed by atoms with Crippen LogP contribution in [0.1, 0.15) is 113 Å². The van der Waals surface area contributed by atoms with Gasteiger partial charge < -0.3 is 0 Å². The molecule has 0 aliphatic carbocycles. The van der Waals surface area contributed by atoms with Gasteiger partial charge in [0.15, 0.2) is 0 Å². The van der Waals surface area contributed by atoms with Gasteiger partial charge in [-0.1, -0.05) is 98.4 Å². The summed E-state index contributed by atoms with van der Waals surface area (Å²) in [7, 11) is 0. The monoisotopic (exact) mass is 608 g/mol. The van der Waals surface area contributed by atoms with Crippen LogP contribution >= 0.6 is 0 Å². The van der Waals surface area contributed by atoms with Crippen LogP contribution in [0.4, 0.5) is 4.39 Å². The van der Waals surface area contributed by atoms with Crippen LogP contribution < -0.4 is 0 Å². The summed E-state index contributed by atoms with van der Waals surface area (Å²) in [5, 5.41) is 0. The first-order valence-electron chi connectivity index (χ1n) is 16.8. The van der Waals surface area contributed by atoms with Crippen molar-refractivity contribution in [2.24, 2.45) is 15.9 Å². The van der Waals surface area contributed by atoms with E-state index >= 15 is 0 Å². The van der Waals surface area contributed by atoms with Crippen molar-refractivity contribution >= 4 is 11.4 Å². The maximum Gasteiger partial charge on any atom is 0.126 e. The van der Waals surface area contributed by atoms with E-state index in [2.05, 4.69) is 92.2 Å². The van der Waals surface area contributed by atoms with Crippen molar-refractivity contribution in [2.75, 3.05) is 13.1 Å². The Morgan fingerprint density at radius 3 is 2.09 bits per heavy atom. The number of hydrogen-bond acceptors (Lipinski definition) is 3. The second kappa shape index (κ2) is 25.5. The van der Waals surface area contributed by atoms with E-state index in [1.807, 2.05) is 52.0 Å². The second-order valence-electron chi connectivity index (χ2n) is 11.1. The first-order chi connectivity index (χ1) is 21.0. The normalized spacial score (nSPS) is 19.6. The van der Waals surface area contributed by atoms with Gasteiger partial charge in [0.05, 0.1) is 11.7 Å². The Balaban J connectivity index is 0. The molecule has 0 radical (unpaired) electrons. The molecule has 3 atom stereocenters. The van der Waals surface area contributed by atoms with Gasteiger partial charge in [-0.05, 0) is 101 Å². The molecular weight excluding hydrogens is 541 g/mol. The van der Waals surface area contributed by atoms with E-state index in [0.29, 0.717) is 12.0 Å². The van der Waals surface area contributed by atoms with E-state index in [-0.39, 0.29) is 11.9 Å². The molecule has 1 aliphatic rings. The largest absolute Gasteiger partial charge is 0.293 e. The summed E-state index contributed by atoms with van der Waals surface area (Å²) in [6.07, 6.45) is 13.1. The van der Waals surface area contributed by atoms with Crippen molar-refractivity contribution < 1.29 is 4.39 Å². The number of rotatable bonds is 11. The highest BCUT2D eigenvalue weighted by molar-refractivity contribution is 5.94. The highest BCUT2D eigenvalue weighted by Gasteiger charge is 2.34. The third kappa shape index (κ3) is 15.7. The van der Waals surface area contributed by atoms with Crippen LogP contribution in [0.2, 0.25) is 0 Å². The highest BCUT2D eigenvalue weighted by atomic mass is 19.1. The second-order valence-corrected chi connectivity index (χ2v) is 11.1. The van der Waals surface area contributed by atoms with E-state index in [0.717, 1.165) is 72.6 Å². The molecule has 1 saturated heterocycles. The Kier molecular flexibility index (Phi) is 25.1. The first kappa shape index (κ1) is 43.3. The standard InChI is InChI=1S/C26H41N3.C9H11F.C3H8.C2H6/c1-10-15-20(7)25(19(6)11-2)27-21(8)18-29-17-16-23(12-3)26(22(29)9)28-24(13-4)14-5;1-3-8-5-4-7(2)6-9(8)10;1-3-2;1-2/h11-13,15,22-23,26H,2-4,10,14,16-18H2,1,5-9H3;4-6H,3H2,1-2H3;3H2,1-2H3;1-2H3/b20-15-,25-19+,27-21?,28-24?;;;. The minimum absolute atomic E-state index is 0.0810. The quantitative estimate of drug-likeness (QED) is 0.140. The Morgan fingerprint density at radius 1 is 1.02 bits per heavy atom. The lowest BCUT2D eigenvalue weighted by molar-refractivity contribution is 0.135. The van der Waals surface area contributed by atoms with Crippen LogP contribution in [0.3, 0.4) is 0 Å². The molecule has 44 heavy (non-hydrogen) atoms. The van der Waals surface area contributed by atoms with Crippen molar-refractivity contribution in [3.63, 3.8) is 0 Å². The molecule has 3 nitrogen and oxygen atoms in total. The third-order valence-electron chi connectivity index (χ3n) is 7.36. The van der Waals surface area contributed by atoms with Gasteiger partial charge in [0.1, 0.15) is 5.82 Å². The molecule has 0 spiro atoms. The van der Waals surface area contributed by atoms with E-state index in [9.17, 15) is 4.39 Å². The van der Waals surface area contributed by atoms with Gasteiger partial charge >= 0.3 is 0 Å². The van der Waals surface area contributed by atoms with Gasteiger partial charge in [-0.15, -0.1) is 6.58 Å². The maximum atomic E-state index is 12.9. The predicted octanol–water partition coefficient (Wildman–Crippen LogP) is 11.7. The van der Waals surface area contributed by atoms with Crippen LogP contribution in [-0.2, 0) is 6.42 Å². The number of hydrogen-bond donors (Lipinski definition) is 0. The summed E-state index contributed by atoms with van der Waals surface area (Å²) in [4.78, 5) is 12.5. The van der Waals surface area contributed by atoms with Crippen LogP contribution in [0.15, 0.2) is 89.1 Å². The molecule has 4 heteroatoms. The minimum Gasteiger partial charge on any atom is -0.293 e. The zero-order valence-corrected chi connectivity index (χ0v) is 30.6. The van der Waals surface area contributed by atoms with E-state index in [4.69, 9.17) is 9.98 Å². The molecule has 0 saturated carbocycles. The first-order valence-corrected chi connectivity index (χ1v) is 16.8. The minimum atomic E-state index is -0.0810. The van der Waals surface area contributed by atoms with E-state index in [1.165, 1.54) is 12.0 Å². The lowest BCUT2D eigenvalue weighted by atomic mass is 9.86. The molecule has 0 amide bonds. The number of nitrogens with zero attached hydrogens (tertiary/aromatic N) is 3. The highest BCUT2D eigenvalue weighted by Crippen LogP contribution is 2.28. The van der Waals surface area contributed by atoms with Crippen LogP contribution in [0, 0.1) is 18.7 Å². The topological polar surface area (TPSA) is 28.0 Å². The molecule has 1 aromatic carbocycles. The molecule has 248 valence electrons. The maximum absolute atomic E-state index is 12.9. The summed E-state index contributed by atoms with van der Waals surface area (Å²) in [5.41, 5.74) is 7.35. The van der Waals surface area contributed by atoms with Crippen molar-refractivity contribution in [3.8, 4) is 0 Å². The van der Waals surface area contributed by atoms with Crippen LogP contribution in [0.5, 0.6) is 0 Å². The number of allylic oxidation sites excluding steroid dienone is 5. The van der Waals surface area contributed by atoms with Gasteiger partial charge in [0.2, 0.25) is 0 Å². The predicted molar refractivity (Wildman–Crippen MR) is 199 cm³/mol. The average molecular weight is 608 g/mol. The molecule has 0 N–H and O–H groups in total. The fraction of sp³-hybridized carbons (Fsp3) is 0.550. The Labute approximate surface area is 272 Å². The number of aryl methyl sites for hydroxylation is 2. The fourth-order valence-corrected chi connectivity index (χ4v) is 4.87. The molecule has 3 unspecified atom stereocenters. The fourth-order valence-electron chi connectivity index (χ4n) is 4.87. The molecule has 2 rings (SSSR count). The lowest BCUT2D eigenvalue weighted by Crippen LogP contribution is -2.51. The van der Waals surface area contributed by atoms with Gasteiger partial charge in [-0.2, -0.15) is 0 Å². The van der Waals surface area contributed by atoms with Crippen molar-refractivity contribution in [1.82, 2.24) is 4.90 Å². The molecular formula is C40H66FN3. The van der Waals surface area contributed by atoms with Crippen LogP contribution in [0.25, 0.3) is 0 Å². The SMILES string of the molecule is C=CC(CC)=NC1C(C=C)CCN(CC(C)=NC(/C(C)=C\CC)=C(\C)C=C)C1C.CC.CCC.CCc1ccc(C)cc1F. The number of likely N-dealkylation sites (tertiary alicyclic amines) is 1. The lowest BCUT2D eigenvalue weighted by Gasteiger charge is -2.41. The van der Waals surface area contributed by atoms with Gasteiger partial charge in [0, 0.05) is 29.9 Å². The third-order valence-corrected chi connectivity index (χ3v) is 7.36. The van der Waals surface area contributed by atoms with Crippen molar-refractivity contribution in [2.45, 2.75) is 127 Å². The Morgan fingerprint density at radius 2 is 1.64 bits per heavy atom. The van der Waals surface area contributed by atoms with E-state index in [1.54, 1.807) is 6.07 Å². The summed E-state index contributed by atoms with van der Waals surface area (Å²) in [5.74, 6) is 0.329. The summed E-state index contributed by atoms with van der Waals surface area (Å²) in [6.45, 7) is 38.8.